The van der Waals surface area contributed by atoms with Gasteiger partial charge in [0.25, 0.3) is 0 Å². The highest BCUT2D eigenvalue weighted by Crippen LogP contribution is 2.43. The SMILES string of the molecule is O=C1OC(=O)C2=C1[C@H](c1ccccc1)C=C[C@H]2c1ccccc1. The van der Waals surface area contributed by atoms with Crippen molar-refractivity contribution in [3.63, 3.8) is 0 Å². The lowest BCUT2D eigenvalue weighted by molar-refractivity contribution is -0.151. The monoisotopic (exact) mass is 302 g/mol. The topological polar surface area (TPSA) is 43.4 Å². The number of ether oxygens (including phenoxy) is 1. The largest absolute Gasteiger partial charge is 0.386 e. The van der Waals surface area contributed by atoms with E-state index in [2.05, 4.69) is 0 Å². The highest BCUT2D eigenvalue weighted by atomic mass is 16.6. The van der Waals surface area contributed by atoms with Crippen molar-refractivity contribution in [2.24, 2.45) is 0 Å². The molecule has 0 radical (unpaired) electrons. The summed E-state index contributed by atoms with van der Waals surface area (Å²) in [6, 6.07) is 19.4. The van der Waals surface area contributed by atoms with E-state index in [9.17, 15) is 9.59 Å². The normalized spacial score (nSPS) is 23.0. The Balaban J connectivity index is 1.85. The summed E-state index contributed by atoms with van der Waals surface area (Å²) in [5.41, 5.74) is 2.90. The van der Waals surface area contributed by atoms with Crippen molar-refractivity contribution < 1.29 is 14.3 Å². The van der Waals surface area contributed by atoms with E-state index in [0.717, 1.165) is 11.1 Å². The first-order chi connectivity index (χ1) is 11.3. The summed E-state index contributed by atoms with van der Waals surface area (Å²) in [4.78, 5) is 24.5. The molecule has 0 amide bonds. The van der Waals surface area contributed by atoms with Crippen molar-refractivity contribution in [3.8, 4) is 0 Å². The minimum Gasteiger partial charge on any atom is -0.386 e. The zero-order valence-corrected chi connectivity index (χ0v) is 12.3. The maximum Gasteiger partial charge on any atom is 0.343 e. The lowest BCUT2D eigenvalue weighted by Crippen LogP contribution is -2.15. The van der Waals surface area contributed by atoms with Gasteiger partial charge in [0.1, 0.15) is 0 Å². The predicted octanol–water partition coefficient (Wildman–Crippen LogP) is 3.50. The maximum atomic E-state index is 12.2. The van der Waals surface area contributed by atoms with Gasteiger partial charge in [0.2, 0.25) is 0 Å². The molecule has 0 saturated heterocycles. The molecule has 2 aromatic carbocycles. The number of hydrogen-bond donors (Lipinski definition) is 0. The van der Waals surface area contributed by atoms with Crippen LogP contribution in [0.15, 0.2) is 84.0 Å². The van der Waals surface area contributed by atoms with E-state index in [0.29, 0.717) is 11.1 Å². The molecule has 2 atom stereocenters. The molecule has 0 spiro atoms. The molecule has 0 unspecified atom stereocenters. The quantitative estimate of drug-likeness (QED) is 0.484. The molecule has 1 heterocycles. The number of esters is 2. The summed E-state index contributed by atoms with van der Waals surface area (Å²) in [7, 11) is 0. The van der Waals surface area contributed by atoms with E-state index < -0.39 is 11.9 Å². The highest BCUT2D eigenvalue weighted by molar-refractivity contribution is 6.14. The van der Waals surface area contributed by atoms with Crippen molar-refractivity contribution >= 4 is 11.9 Å². The van der Waals surface area contributed by atoms with Gasteiger partial charge in [0.05, 0.1) is 11.1 Å². The van der Waals surface area contributed by atoms with Crippen LogP contribution in [0.25, 0.3) is 0 Å². The third-order valence-electron chi connectivity index (χ3n) is 4.35. The Bertz CT molecular complexity index is 762. The van der Waals surface area contributed by atoms with Gasteiger partial charge in [-0.25, -0.2) is 9.59 Å². The van der Waals surface area contributed by atoms with Crippen LogP contribution in [-0.4, -0.2) is 11.9 Å². The second-order valence-electron chi connectivity index (χ2n) is 5.67. The van der Waals surface area contributed by atoms with E-state index >= 15 is 0 Å². The number of cyclic esters (lactones) is 2. The van der Waals surface area contributed by atoms with Crippen molar-refractivity contribution in [1.82, 2.24) is 0 Å². The van der Waals surface area contributed by atoms with Gasteiger partial charge in [-0.3, -0.25) is 0 Å². The zero-order valence-electron chi connectivity index (χ0n) is 12.3. The molecule has 0 saturated carbocycles. The van der Waals surface area contributed by atoms with Gasteiger partial charge in [-0.1, -0.05) is 72.8 Å². The summed E-state index contributed by atoms with van der Waals surface area (Å²) in [6.07, 6.45) is 3.98. The van der Waals surface area contributed by atoms with Gasteiger partial charge in [0.15, 0.2) is 0 Å². The number of rotatable bonds is 2. The van der Waals surface area contributed by atoms with Crippen molar-refractivity contribution in [2.75, 3.05) is 0 Å². The maximum absolute atomic E-state index is 12.2. The predicted molar refractivity (Wildman–Crippen MR) is 85.6 cm³/mol. The second kappa shape index (κ2) is 5.36. The smallest absolute Gasteiger partial charge is 0.343 e. The van der Waals surface area contributed by atoms with Gasteiger partial charge in [-0.2, -0.15) is 0 Å². The second-order valence-corrected chi connectivity index (χ2v) is 5.67. The Morgan fingerprint density at radius 3 is 1.39 bits per heavy atom. The Labute approximate surface area is 133 Å². The first kappa shape index (κ1) is 13.7. The van der Waals surface area contributed by atoms with Crippen molar-refractivity contribution in [3.05, 3.63) is 95.1 Å². The molecule has 0 aromatic heterocycles. The van der Waals surface area contributed by atoms with E-state index in [1.165, 1.54) is 0 Å². The summed E-state index contributed by atoms with van der Waals surface area (Å²) in [5.74, 6) is -1.51. The van der Waals surface area contributed by atoms with Crippen LogP contribution in [0.3, 0.4) is 0 Å². The summed E-state index contributed by atoms with van der Waals surface area (Å²) in [6.45, 7) is 0. The van der Waals surface area contributed by atoms with Crippen LogP contribution in [0.5, 0.6) is 0 Å². The fourth-order valence-corrected chi connectivity index (χ4v) is 3.29. The summed E-state index contributed by atoms with van der Waals surface area (Å²) >= 11 is 0. The Hall–Kier alpha value is -2.94. The Morgan fingerprint density at radius 2 is 1.00 bits per heavy atom. The standard InChI is InChI=1S/C20H14O3/c21-19-17-15(13-7-3-1-4-8-13)11-12-16(18(17)20(22)23-19)14-9-5-2-6-10-14/h1-12,15-16H/t15-,16-/m0/s1. The molecular weight excluding hydrogens is 288 g/mol. The van der Waals surface area contributed by atoms with Crippen molar-refractivity contribution in [2.45, 2.75) is 11.8 Å². The summed E-state index contributed by atoms with van der Waals surface area (Å²) in [5, 5.41) is 0. The molecule has 2 aromatic rings. The number of carbonyl (C=O) groups is 2. The Kier molecular flexibility index (Phi) is 3.19. The number of hydrogen-bond acceptors (Lipinski definition) is 3. The molecule has 0 fully saturated rings. The van der Waals surface area contributed by atoms with Crippen LogP contribution in [0.4, 0.5) is 0 Å². The lowest BCUT2D eigenvalue weighted by Gasteiger charge is -2.23. The minimum atomic E-state index is -0.524. The van der Waals surface area contributed by atoms with E-state index in [-0.39, 0.29) is 11.8 Å². The molecule has 4 rings (SSSR count). The first-order valence-corrected chi connectivity index (χ1v) is 7.54. The molecule has 112 valence electrons. The van der Waals surface area contributed by atoms with Gasteiger partial charge in [-0.05, 0) is 11.1 Å². The van der Waals surface area contributed by atoms with Crippen LogP contribution in [0.2, 0.25) is 0 Å². The fourth-order valence-electron chi connectivity index (χ4n) is 3.29. The zero-order chi connectivity index (χ0) is 15.8. The molecule has 0 N–H and O–H groups in total. The van der Waals surface area contributed by atoms with Crippen LogP contribution >= 0.6 is 0 Å². The van der Waals surface area contributed by atoms with Crippen LogP contribution in [-0.2, 0) is 14.3 Å². The van der Waals surface area contributed by atoms with Gasteiger partial charge in [0, 0.05) is 11.8 Å². The molecule has 3 heteroatoms. The Morgan fingerprint density at radius 1 is 0.609 bits per heavy atom. The number of carbonyl (C=O) groups excluding carboxylic acids is 2. The molecule has 3 nitrogen and oxygen atoms in total. The van der Waals surface area contributed by atoms with E-state index in [1.807, 2.05) is 72.8 Å². The minimum absolute atomic E-state index is 0.231. The van der Waals surface area contributed by atoms with Gasteiger partial charge < -0.3 is 4.74 Å². The first-order valence-electron chi connectivity index (χ1n) is 7.54. The summed E-state index contributed by atoms with van der Waals surface area (Å²) < 4.78 is 4.92. The molecule has 23 heavy (non-hydrogen) atoms. The van der Waals surface area contributed by atoms with Crippen molar-refractivity contribution in [1.29, 1.82) is 0 Å². The third kappa shape index (κ3) is 2.21. The molecule has 0 bridgehead atoms. The van der Waals surface area contributed by atoms with Gasteiger partial charge >= 0.3 is 11.9 Å². The molecular formula is C20H14O3. The van der Waals surface area contributed by atoms with E-state index in [4.69, 9.17) is 4.74 Å². The van der Waals surface area contributed by atoms with Crippen LogP contribution in [0.1, 0.15) is 23.0 Å². The van der Waals surface area contributed by atoms with Gasteiger partial charge in [-0.15, -0.1) is 0 Å². The highest BCUT2D eigenvalue weighted by Gasteiger charge is 2.42. The molecule has 1 aliphatic heterocycles. The third-order valence-corrected chi connectivity index (χ3v) is 4.35. The number of allylic oxidation sites excluding steroid dienone is 2. The molecule has 2 aliphatic rings. The van der Waals surface area contributed by atoms with Crippen LogP contribution < -0.4 is 0 Å². The fraction of sp³-hybridized carbons (Fsp3) is 0.100. The average Bonchev–Trinajstić information content (AvgIpc) is 2.91. The lowest BCUT2D eigenvalue weighted by atomic mass is 9.77. The molecule has 1 aliphatic carbocycles. The average molecular weight is 302 g/mol. The van der Waals surface area contributed by atoms with E-state index in [1.54, 1.807) is 0 Å². The van der Waals surface area contributed by atoms with Crippen LogP contribution in [0, 0.1) is 0 Å². The number of benzene rings is 2.